The number of ketones is 1. The van der Waals surface area contributed by atoms with Crippen molar-refractivity contribution >= 4 is 5.78 Å². The van der Waals surface area contributed by atoms with Gasteiger partial charge in [0.05, 0.1) is 12.0 Å². The lowest BCUT2D eigenvalue weighted by molar-refractivity contribution is -0.130. The van der Waals surface area contributed by atoms with E-state index in [0.717, 1.165) is 19.3 Å². The summed E-state index contributed by atoms with van der Waals surface area (Å²) in [5, 5.41) is 8.73. The summed E-state index contributed by atoms with van der Waals surface area (Å²) in [6.45, 7) is 0. The number of Topliss-reactive ketones (excluding diaryl/α,β-unsaturated/α-hetero) is 1. The van der Waals surface area contributed by atoms with Crippen molar-refractivity contribution < 1.29 is 4.79 Å². The van der Waals surface area contributed by atoms with Crippen molar-refractivity contribution in [3.8, 4) is 6.07 Å². The standard InChI is InChI=1S/C9H11NO/c10-5-7-3-6-1-2-8(7)9(11)4-6/h6-8H,1-4H2/t6-,7-,8+/m1/s1. The number of fused-ring (bicyclic) bond motifs is 3. The van der Waals surface area contributed by atoms with Gasteiger partial charge in [0.15, 0.2) is 0 Å². The van der Waals surface area contributed by atoms with E-state index in [2.05, 4.69) is 6.07 Å². The molecular weight excluding hydrogens is 138 g/mol. The molecule has 2 bridgehead atoms. The van der Waals surface area contributed by atoms with Crippen molar-refractivity contribution in [1.82, 2.24) is 0 Å². The number of nitrogens with zero attached hydrogens (tertiary/aromatic N) is 1. The monoisotopic (exact) mass is 149 g/mol. The van der Waals surface area contributed by atoms with Crippen LogP contribution in [0.5, 0.6) is 0 Å². The van der Waals surface area contributed by atoms with Crippen molar-refractivity contribution in [3.05, 3.63) is 0 Å². The van der Waals surface area contributed by atoms with Crippen LogP contribution in [-0.2, 0) is 4.79 Å². The molecule has 0 N–H and O–H groups in total. The minimum Gasteiger partial charge on any atom is -0.299 e. The third kappa shape index (κ3) is 0.956. The summed E-state index contributed by atoms with van der Waals surface area (Å²) in [5.74, 6) is 1.04. The average molecular weight is 149 g/mol. The van der Waals surface area contributed by atoms with Gasteiger partial charge in [-0.1, -0.05) is 0 Å². The fraction of sp³-hybridized carbons (Fsp3) is 0.778. The summed E-state index contributed by atoms with van der Waals surface area (Å²) < 4.78 is 0. The topological polar surface area (TPSA) is 40.9 Å². The van der Waals surface area contributed by atoms with Crippen molar-refractivity contribution in [3.63, 3.8) is 0 Å². The molecule has 11 heavy (non-hydrogen) atoms. The van der Waals surface area contributed by atoms with Crippen LogP contribution in [0.1, 0.15) is 25.7 Å². The molecule has 3 fully saturated rings. The Morgan fingerprint density at radius 2 is 2.27 bits per heavy atom. The third-order valence-corrected chi connectivity index (χ3v) is 3.03. The minimum atomic E-state index is 0.0509. The first-order chi connectivity index (χ1) is 5.31. The summed E-state index contributed by atoms with van der Waals surface area (Å²) in [4.78, 5) is 11.3. The van der Waals surface area contributed by atoms with Gasteiger partial charge in [-0.3, -0.25) is 4.79 Å². The Balaban J connectivity index is 2.21. The van der Waals surface area contributed by atoms with Gasteiger partial charge >= 0.3 is 0 Å². The smallest absolute Gasteiger partial charge is 0.137 e. The Morgan fingerprint density at radius 3 is 2.73 bits per heavy atom. The van der Waals surface area contributed by atoms with E-state index >= 15 is 0 Å². The van der Waals surface area contributed by atoms with Crippen LogP contribution in [-0.4, -0.2) is 5.78 Å². The molecule has 3 rings (SSSR count). The third-order valence-electron chi connectivity index (χ3n) is 3.03. The number of carbonyl (C=O) groups is 1. The lowest BCUT2D eigenvalue weighted by atomic mass is 9.64. The van der Waals surface area contributed by atoms with Crippen LogP contribution in [0, 0.1) is 29.1 Å². The molecular formula is C9H11NO. The van der Waals surface area contributed by atoms with Gasteiger partial charge in [-0.2, -0.15) is 5.26 Å². The molecule has 3 atom stereocenters. The van der Waals surface area contributed by atoms with Crippen molar-refractivity contribution in [1.29, 1.82) is 5.26 Å². The molecule has 0 heterocycles. The Labute approximate surface area is 66.2 Å². The first kappa shape index (κ1) is 6.84. The Kier molecular flexibility index (Phi) is 1.45. The molecule has 3 aliphatic carbocycles. The predicted octanol–water partition coefficient (Wildman–Crippen LogP) is 1.52. The highest BCUT2D eigenvalue weighted by Gasteiger charge is 2.41. The van der Waals surface area contributed by atoms with Crippen molar-refractivity contribution in [2.75, 3.05) is 0 Å². The Hall–Kier alpha value is -0.840. The van der Waals surface area contributed by atoms with Gasteiger partial charge in [0.25, 0.3) is 0 Å². The summed E-state index contributed by atoms with van der Waals surface area (Å²) in [6, 6.07) is 2.24. The summed E-state index contributed by atoms with van der Waals surface area (Å²) in [7, 11) is 0. The van der Waals surface area contributed by atoms with Crippen LogP contribution in [0.2, 0.25) is 0 Å². The zero-order chi connectivity index (χ0) is 7.84. The zero-order valence-corrected chi connectivity index (χ0v) is 6.42. The highest BCUT2D eigenvalue weighted by molar-refractivity contribution is 5.83. The molecule has 3 saturated carbocycles. The highest BCUT2D eigenvalue weighted by Crippen LogP contribution is 2.42. The van der Waals surface area contributed by atoms with Gasteiger partial charge in [0.2, 0.25) is 0 Å². The molecule has 2 nitrogen and oxygen atoms in total. The summed E-state index contributed by atoms with van der Waals surface area (Å²) in [5.41, 5.74) is 0. The largest absolute Gasteiger partial charge is 0.299 e. The summed E-state index contributed by atoms with van der Waals surface area (Å²) in [6.07, 6.45) is 3.88. The molecule has 58 valence electrons. The highest BCUT2D eigenvalue weighted by atomic mass is 16.1. The van der Waals surface area contributed by atoms with E-state index in [4.69, 9.17) is 5.26 Å². The molecule has 0 aromatic carbocycles. The lowest BCUT2D eigenvalue weighted by Gasteiger charge is -2.37. The molecule has 0 radical (unpaired) electrons. The van der Waals surface area contributed by atoms with Crippen molar-refractivity contribution in [2.45, 2.75) is 25.7 Å². The molecule has 0 unspecified atom stereocenters. The Morgan fingerprint density at radius 1 is 1.45 bits per heavy atom. The predicted molar refractivity (Wildman–Crippen MR) is 39.6 cm³/mol. The normalized spacial score (nSPS) is 42.1. The van der Waals surface area contributed by atoms with Crippen LogP contribution in [0.15, 0.2) is 0 Å². The Bertz CT molecular complexity index is 228. The minimum absolute atomic E-state index is 0.0509. The average Bonchev–Trinajstić information content (AvgIpc) is 2.04. The fourth-order valence-corrected chi connectivity index (χ4v) is 2.41. The van der Waals surface area contributed by atoms with Gasteiger partial charge in [-0.15, -0.1) is 0 Å². The van der Waals surface area contributed by atoms with E-state index in [1.54, 1.807) is 0 Å². The molecule has 0 aromatic rings. The van der Waals surface area contributed by atoms with Crippen LogP contribution in [0.25, 0.3) is 0 Å². The van der Waals surface area contributed by atoms with E-state index in [0.29, 0.717) is 11.7 Å². The van der Waals surface area contributed by atoms with Crippen LogP contribution in [0.3, 0.4) is 0 Å². The van der Waals surface area contributed by atoms with Gasteiger partial charge < -0.3 is 0 Å². The van der Waals surface area contributed by atoms with E-state index in [1.165, 1.54) is 6.42 Å². The maximum Gasteiger partial charge on any atom is 0.137 e. The van der Waals surface area contributed by atoms with E-state index in [1.807, 2.05) is 0 Å². The number of nitriles is 1. The second kappa shape index (κ2) is 2.34. The fourth-order valence-electron chi connectivity index (χ4n) is 2.41. The van der Waals surface area contributed by atoms with Gasteiger partial charge in [0, 0.05) is 12.3 Å². The number of hydrogen-bond donors (Lipinski definition) is 0. The van der Waals surface area contributed by atoms with Gasteiger partial charge in [0.1, 0.15) is 5.78 Å². The van der Waals surface area contributed by atoms with Crippen LogP contribution < -0.4 is 0 Å². The number of rotatable bonds is 0. The first-order valence-electron chi connectivity index (χ1n) is 4.23. The van der Waals surface area contributed by atoms with Crippen LogP contribution in [0.4, 0.5) is 0 Å². The molecule has 3 aliphatic rings. The second-order valence-corrected chi connectivity index (χ2v) is 3.69. The number of hydrogen-bond acceptors (Lipinski definition) is 2. The van der Waals surface area contributed by atoms with Crippen molar-refractivity contribution in [2.24, 2.45) is 17.8 Å². The molecule has 0 amide bonds. The van der Waals surface area contributed by atoms with Gasteiger partial charge in [-0.05, 0) is 25.2 Å². The van der Waals surface area contributed by atoms with E-state index < -0.39 is 0 Å². The quantitative estimate of drug-likeness (QED) is 0.524. The molecule has 0 aromatic heterocycles. The zero-order valence-electron chi connectivity index (χ0n) is 6.42. The molecule has 2 heteroatoms. The summed E-state index contributed by atoms with van der Waals surface area (Å²) >= 11 is 0. The SMILES string of the molecule is N#C[C@H]1C[C@H]2CC[C@@H]1C(=O)C2. The number of carbonyl (C=O) groups excluding carboxylic acids is 1. The van der Waals surface area contributed by atoms with E-state index in [-0.39, 0.29) is 11.8 Å². The maximum atomic E-state index is 11.3. The maximum absolute atomic E-state index is 11.3. The molecule has 0 aliphatic heterocycles. The van der Waals surface area contributed by atoms with E-state index in [9.17, 15) is 4.79 Å². The van der Waals surface area contributed by atoms with Gasteiger partial charge in [-0.25, -0.2) is 0 Å². The molecule has 0 spiro atoms. The first-order valence-corrected chi connectivity index (χ1v) is 4.23. The lowest BCUT2D eigenvalue weighted by Crippen LogP contribution is -2.37. The molecule has 0 saturated heterocycles. The second-order valence-electron chi connectivity index (χ2n) is 3.69. The van der Waals surface area contributed by atoms with Crippen LogP contribution >= 0.6 is 0 Å².